The monoisotopic (exact) mass is 248 g/mol. The fourth-order valence-electron chi connectivity index (χ4n) is 2.37. The highest BCUT2D eigenvalue weighted by Gasteiger charge is 2.36. The van der Waals surface area contributed by atoms with Crippen LogP contribution in [0.3, 0.4) is 0 Å². The molecular formula is C12H12N2O4. The van der Waals surface area contributed by atoms with Crippen molar-refractivity contribution in [3.05, 3.63) is 17.2 Å². The molecule has 18 heavy (non-hydrogen) atoms. The Balaban J connectivity index is 2.20. The fourth-order valence-corrected chi connectivity index (χ4v) is 2.37. The number of hydrogen-bond acceptors (Lipinski definition) is 5. The molecule has 6 heteroatoms. The number of nitrogens with two attached hydrogens (primary N) is 1. The Morgan fingerprint density at radius 1 is 1.50 bits per heavy atom. The van der Waals surface area contributed by atoms with Gasteiger partial charge in [-0.25, -0.2) is 0 Å². The third-order valence-electron chi connectivity index (χ3n) is 3.08. The van der Waals surface area contributed by atoms with E-state index >= 15 is 0 Å². The predicted octanol–water partition coefficient (Wildman–Crippen LogP) is 0.440. The molecule has 1 amide bonds. The summed E-state index contributed by atoms with van der Waals surface area (Å²) in [6, 6.07) is 1.03. The van der Waals surface area contributed by atoms with E-state index in [9.17, 15) is 9.59 Å². The van der Waals surface area contributed by atoms with Crippen LogP contribution >= 0.6 is 0 Å². The first-order valence-electron chi connectivity index (χ1n) is 5.61. The van der Waals surface area contributed by atoms with Gasteiger partial charge in [0.25, 0.3) is 0 Å². The molecular weight excluding hydrogens is 236 g/mol. The molecule has 1 atom stereocenters. The largest absolute Gasteiger partial charge is 0.454 e. The maximum Gasteiger partial charge on any atom is 0.231 e. The van der Waals surface area contributed by atoms with Crippen molar-refractivity contribution in [2.45, 2.75) is 19.4 Å². The van der Waals surface area contributed by atoms with Gasteiger partial charge in [0.1, 0.15) is 0 Å². The van der Waals surface area contributed by atoms with Gasteiger partial charge < -0.3 is 20.5 Å². The summed E-state index contributed by atoms with van der Waals surface area (Å²) in [5.74, 6) is 0.691. The number of anilines is 1. The summed E-state index contributed by atoms with van der Waals surface area (Å²) in [5, 5.41) is 2.63. The molecule has 1 heterocycles. The second-order valence-electron chi connectivity index (χ2n) is 4.37. The third kappa shape index (κ3) is 1.46. The number of carbonyl (C=O) groups excluding carboxylic acids is 2. The van der Waals surface area contributed by atoms with E-state index in [1.807, 2.05) is 0 Å². The van der Waals surface area contributed by atoms with Crippen molar-refractivity contribution in [3.63, 3.8) is 0 Å². The molecule has 1 aliphatic carbocycles. The normalized spacial score (nSPS) is 19.9. The van der Waals surface area contributed by atoms with Crippen molar-refractivity contribution in [3.8, 4) is 11.5 Å². The Morgan fingerprint density at radius 2 is 2.28 bits per heavy atom. The number of hydrogen-bond donors (Lipinski definition) is 2. The number of carbonyl (C=O) groups is 2. The lowest BCUT2D eigenvalue weighted by atomic mass is 10.1. The van der Waals surface area contributed by atoms with Crippen molar-refractivity contribution < 1.29 is 19.1 Å². The minimum absolute atomic E-state index is 0.120. The molecule has 0 aromatic heterocycles. The van der Waals surface area contributed by atoms with Crippen molar-refractivity contribution in [2.75, 3.05) is 12.1 Å². The summed E-state index contributed by atoms with van der Waals surface area (Å²) in [6.07, 6.45) is 0.410. The number of ketones is 1. The van der Waals surface area contributed by atoms with E-state index in [0.717, 1.165) is 5.56 Å². The van der Waals surface area contributed by atoms with Crippen LogP contribution in [0.15, 0.2) is 6.07 Å². The van der Waals surface area contributed by atoms with E-state index in [1.165, 1.54) is 6.92 Å². The molecule has 1 aromatic rings. The van der Waals surface area contributed by atoms with Crippen LogP contribution in [0, 0.1) is 0 Å². The molecule has 1 unspecified atom stereocenters. The lowest BCUT2D eigenvalue weighted by molar-refractivity contribution is -0.114. The third-order valence-corrected chi connectivity index (χ3v) is 3.08. The highest BCUT2D eigenvalue weighted by Crippen LogP contribution is 2.45. The van der Waals surface area contributed by atoms with Gasteiger partial charge >= 0.3 is 0 Å². The Bertz CT molecular complexity index is 568. The summed E-state index contributed by atoms with van der Waals surface area (Å²) in [5.41, 5.74) is 7.38. The molecule has 1 aliphatic heterocycles. The molecule has 0 saturated carbocycles. The second kappa shape index (κ2) is 3.71. The number of fused-ring (bicyclic) bond motifs is 3. The van der Waals surface area contributed by atoms with E-state index in [4.69, 9.17) is 15.2 Å². The van der Waals surface area contributed by atoms with Crippen molar-refractivity contribution >= 4 is 17.4 Å². The number of benzene rings is 1. The predicted molar refractivity (Wildman–Crippen MR) is 62.9 cm³/mol. The molecule has 2 aliphatic rings. The number of rotatable bonds is 1. The van der Waals surface area contributed by atoms with Gasteiger partial charge in [-0.1, -0.05) is 0 Å². The highest BCUT2D eigenvalue weighted by molar-refractivity contribution is 6.11. The summed E-state index contributed by atoms with van der Waals surface area (Å²) in [7, 11) is 0. The van der Waals surface area contributed by atoms with Crippen LogP contribution in [-0.2, 0) is 11.2 Å². The Hall–Kier alpha value is -2.08. The van der Waals surface area contributed by atoms with Crippen molar-refractivity contribution in [1.29, 1.82) is 0 Å². The molecule has 0 spiro atoms. The maximum atomic E-state index is 12.0. The zero-order valence-electron chi connectivity index (χ0n) is 9.78. The fraction of sp³-hybridized carbons (Fsp3) is 0.333. The molecule has 94 valence electrons. The summed E-state index contributed by atoms with van der Waals surface area (Å²) < 4.78 is 10.6. The average molecular weight is 248 g/mol. The Kier molecular flexibility index (Phi) is 2.27. The van der Waals surface area contributed by atoms with E-state index in [-0.39, 0.29) is 18.5 Å². The number of Topliss-reactive ketones (excluding diaryl/α,β-unsaturated/α-hetero) is 1. The van der Waals surface area contributed by atoms with E-state index < -0.39 is 6.04 Å². The molecule has 6 nitrogen and oxygen atoms in total. The zero-order chi connectivity index (χ0) is 12.9. The standard InChI is InChI=1S/C12H12N2O4/c1-5(15)14-8-3-9-12(18-4-17-9)6-2-7(13)11(16)10(6)8/h3,7H,2,4,13H2,1H3,(H,14,15). The van der Waals surface area contributed by atoms with Gasteiger partial charge in [0.2, 0.25) is 12.7 Å². The number of ether oxygens (including phenoxy) is 2. The van der Waals surface area contributed by atoms with E-state index in [2.05, 4.69) is 5.32 Å². The molecule has 0 radical (unpaired) electrons. The van der Waals surface area contributed by atoms with Gasteiger partial charge in [0, 0.05) is 18.6 Å². The first-order chi connectivity index (χ1) is 8.58. The van der Waals surface area contributed by atoms with Crippen LogP contribution in [0.5, 0.6) is 11.5 Å². The molecule has 0 saturated heterocycles. The molecule has 1 aromatic carbocycles. The van der Waals surface area contributed by atoms with Crippen LogP contribution in [0.1, 0.15) is 22.8 Å². The zero-order valence-corrected chi connectivity index (χ0v) is 9.78. The minimum Gasteiger partial charge on any atom is -0.454 e. The van der Waals surface area contributed by atoms with E-state index in [1.54, 1.807) is 6.07 Å². The highest BCUT2D eigenvalue weighted by atomic mass is 16.7. The van der Waals surface area contributed by atoms with Gasteiger partial charge in [-0.2, -0.15) is 0 Å². The molecule has 0 bridgehead atoms. The average Bonchev–Trinajstić information content (AvgIpc) is 2.84. The van der Waals surface area contributed by atoms with Crippen LogP contribution < -0.4 is 20.5 Å². The molecule has 3 rings (SSSR count). The lowest BCUT2D eigenvalue weighted by Gasteiger charge is -2.10. The molecule has 0 fully saturated rings. The lowest BCUT2D eigenvalue weighted by Crippen LogP contribution is -2.26. The second-order valence-corrected chi connectivity index (χ2v) is 4.37. The first-order valence-corrected chi connectivity index (χ1v) is 5.61. The first kappa shape index (κ1) is 11.0. The van der Waals surface area contributed by atoms with Crippen LogP contribution in [0.4, 0.5) is 5.69 Å². The topological polar surface area (TPSA) is 90.7 Å². The van der Waals surface area contributed by atoms with Gasteiger partial charge in [-0.3, -0.25) is 9.59 Å². The van der Waals surface area contributed by atoms with Gasteiger partial charge in [0.15, 0.2) is 17.3 Å². The number of nitrogens with one attached hydrogen (secondary N) is 1. The van der Waals surface area contributed by atoms with Gasteiger partial charge in [-0.05, 0) is 6.42 Å². The maximum absolute atomic E-state index is 12.0. The smallest absolute Gasteiger partial charge is 0.231 e. The SMILES string of the molecule is CC(=O)Nc1cc2c(c3c1C(=O)C(N)C3)OCO2. The van der Waals surface area contributed by atoms with Crippen LogP contribution in [0.25, 0.3) is 0 Å². The minimum atomic E-state index is -0.580. The summed E-state index contributed by atoms with van der Waals surface area (Å²) in [4.78, 5) is 23.2. The Labute approximate surface area is 103 Å². The van der Waals surface area contributed by atoms with E-state index in [0.29, 0.717) is 29.2 Å². The van der Waals surface area contributed by atoms with Crippen LogP contribution in [0.2, 0.25) is 0 Å². The quantitative estimate of drug-likeness (QED) is 0.752. The Morgan fingerprint density at radius 3 is 3.00 bits per heavy atom. The van der Waals surface area contributed by atoms with Crippen molar-refractivity contribution in [2.24, 2.45) is 5.73 Å². The van der Waals surface area contributed by atoms with Crippen LogP contribution in [-0.4, -0.2) is 24.5 Å². The summed E-state index contributed by atoms with van der Waals surface area (Å²) >= 11 is 0. The number of amides is 1. The molecule has 3 N–H and O–H groups in total. The van der Waals surface area contributed by atoms with Gasteiger partial charge in [-0.15, -0.1) is 0 Å². The van der Waals surface area contributed by atoms with Crippen molar-refractivity contribution in [1.82, 2.24) is 0 Å². The van der Waals surface area contributed by atoms with Gasteiger partial charge in [0.05, 0.1) is 17.3 Å². The summed E-state index contributed by atoms with van der Waals surface area (Å²) in [6.45, 7) is 1.51.